The molecule has 0 radical (unpaired) electrons. The zero-order chi connectivity index (χ0) is 16.9. The van der Waals surface area contributed by atoms with E-state index in [1.807, 2.05) is 55.5 Å². The van der Waals surface area contributed by atoms with E-state index in [9.17, 15) is 4.79 Å². The maximum Gasteiger partial charge on any atom is 0.227 e. The first-order valence-corrected chi connectivity index (χ1v) is 8.45. The second-order valence-electron chi connectivity index (χ2n) is 6.53. The van der Waals surface area contributed by atoms with Crippen LogP contribution in [0.25, 0.3) is 0 Å². The van der Waals surface area contributed by atoms with E-state index in [-0.39, 0.29) is 17.9 Å². The molecular formula is C20H24N2O2. The lowest BCUT2D eigenvalue weighted by Gasteiger charge is -2.16. The molecule has 0 heterocycles. The number of rotatable bonds is 5. The van der Waals surface area contributed by atoms with Gasteiger partial charge < -0.3 is 15.8 Å². The van der Waals surface area contributed by atoms with Crippen molar-refractivity contribution in [3.8, 4) is 5.75 Å². The zero-order valence-electron chi connectivity index (χ0n) is 14.0. The highest BCUT2D eigenvalue weighted by molar-refractivity contribution is 5.94. The quantitative estimate of drug-likeness (QED) is 0.882. The maximum absolute atomic E-state index is 12.4. The summed E-state index contributed by atoms with van der Waals surface area (Å²) in [7, 11) is 0. The number of anilines is 1. The summed E-state index contributed by atoms with van der Waals surface area (Å²) in [4.78, 5) is 12.4. The average molecular weight is 324 g/mol. The Hall–Kier alpha value is -2.33. The van der Waals surface area contributed by atoms with Gasteiger partial charge in [-0.1, -0.05) is 36.4 Å². The molecular weight excluding hydrogens is 300 g/mol. The number of carbonyl (C=O) groups excluding carboxylic acids is 1. The Balaban J connectivity index is 1.69. The highest BCUT2D eigenvalue weighted by atomic mass is 16.5. The molecule has 2 atom stereocenters. The number of aryl methyl sites for hydroxylation is 1. The van der Waals surface area contributed by atoms with E-state index in [0.717, 1.165) is 36.1 Å². The number of hydrogen-bond acceptors (Lipinski definition) is 3. The Kier molecular flexibility index (Phi) is 5.16. The van der Waals surface area contributed by atoms with Gasteiger partial charge in [0.25, 0.3) is 0 Å². The van der Waals surface area contributed by atoms with Gasteiger partial charge in [-0.15, -0.1) is 0 Å². The van der Waals surface area contributed by atoms with E-state index < -0.39 is 0 Å². The summed E-state index contributed by atoms with van der Waals surface area (Å²) in [5.74, 6) is 0.745. The predicted molar refractivity (Wildman–Crippen MR) is 95.9 cm³/mol. The fourth-order valence-corrected chi connectivity index (χ4v) is 3.08. The maximum atomic E-state index is 12.4. The van der Waals surface area contributed by atoms with E-state index >= 15 is 0 Å². The molecule has 3 N–H and O–H groups in total. The number of hydrogen-bond donors (Lipinski definition) is 2. The Bertz CT molecular complexity index is 700. The summed E-state index contributed by atoms with van der Waals surface area (Å²) in [5, 5.41) is 3.02. The molecule has 24 heavy (non-hydrogen) atoms. The molecule has 0 aliphatic heterocycles. The molecule has 2 aromatic rings. The Morgan fingerprint density at radius 1 is 1.21 bits per heavy atom. The second kappa shape index (κ2) is 7.49. The van der Waals surface area contributed by atoms with Crippen LogP contribution in [-0.4, -0.2) is 11.9 Å². The molecule has 0 spiro atoms. The van der Waals surface area contributed by atoms with Crippen LogP contribution >= 0.6 is 0 Å². The molecule has 4 heteroatoms. The number of nitrogens with two attached hydrogens (primary N) is 1. The van der Waals surface area contributed by atoms with Gasteiger partial charge >= 0.3 is 0 Å². The fraction of sp³-hybridized carbons (Fsp3) is 0.350. The molecule has 1 amide bonds. The standard InChI is InChI=1S/C20H24N2O2/c1-14-7-10-18(22-20(23)16-8-9-17(21)12-16)19(11-14)24-13-15-5-3-2-4-6-15/h2-7,10-11,16-17H,8-9,12-13,21H2,1H3,(H,22,23). The molecule has 2 aromatic carbocycles. The van der Waals surface area contributed by atoms with Crippen LogP contribution in [0.3, 0.4) is 0 Å². The molecule has 1 aliphatic rings. The van der Waals surface area contributed by atoms with Gasteiger partial charge in [-0.3, -0.25) is 4.79 Å². The Morgan fingerprint density at radius 3 is 2.71 bits per heavy atom. The summed E-state index contributed by atoms with van der Waals surface area (Å²) in [5.41, 5.74) is 8.83. The van der Waals surface area contributed by atoms with Crippen molar-refractivity contribution >= 4 is 11.6 Å². The zero-order valence-corrected chi connectivity index (χ0v) is 14.0. The number of amides is 1. The summed E-state index contributed by atoms with van der Waals surface area (Å²) in [6.07, 6.45) is 2.54. The lowest BCUT2D eigenvalue weighted by atomic mass is 10.1. The topological polar surface area (TPSA) is 64.4 Å². The highest BCUT2D eigenvalue weighted by Crippen LogP contribution is 2.30. The minimum Gasteiger partial charge on any atom is -0.487 e. The predicted octanol–water partition coefficient (Wildman–Crippen LogP) is 3.64. The van der Waals surface area contributed by atoms with Crippen molar-refractivity contribution in [2.45, 2.75) is 38.8 Å². The third-order valence-corrected chi connectivity index (χ3v) is 4.48. The van der Waals surface area contributed by atoms with E-state index in [1.54, 1.807) is 0 Å². The van der Waals surface area contributed by atoms with E-state index in [2.05, 4.69) is 5.32 Å². The van der Waals surface area contributed by atoms with Crippen molar-refractivity contribution in [3.05, 3.63) is 59.7 Å². The molecule has 4 nitrogen and oxygen atoms in total. The molecule has 1 aliphatic carbocycles. The molecule has 0 aromatic heterocycles. The van der Waals surface area contributed by atoms with Crippen LogP contribution in [0.15, 0.2) is 48.5 Å². The van der Waals surface area contributed by atoms with Gasteiger partial charge in [0.05, 0.1) is 5.69 Å². The minimum absolute atomic E-state index is 0.00303. The van der Waals surface area contributed by atoms with E-state index in [1.165, 1.54) is 0 Å². The smallest absolute Gasteiger partial charge is 0.227 e. The van der Waals surface area contributed by atoms with Gasteiger partial charge in [-0.2, -0.15) is 0 Å². The average Bonchev–Trinajstić information content (AvgIpc) is 3.02. The first-order valence-electron chi connectivity index (χ1n) is 8.45. The van der Waals surface area contributed by atoms with Gasteiger partial charge in [0.1, 0.15) is 12.4 Å². The normalized spacial score (nSPS) is 19.9. The molecule has 3 rings (SSSR count). The van der Waals surface area contributed by atoms with Crippen molar-refractivity contribution in [3.63, 3.8) is 0 Å². The van der Waals surface area contributed by atoms with Crippen molar-refractivity contribution in [1.82, 2.24) is 0 Å². The number of nitrogens with one attached hydrogen (secondary N) is 1. The fourth-order valence-electron chi connectivity index (χ4n) is 3.08. The van der Waals surface area contributed by atoms with Crippen LogP contribution in [0.2, 0.25) is 0 Å². The van der Waals surface area contributed by atoms with Crippen molar-refractivity contribution in [2.75, 3.05) is 5.32 Å². The third-order valence-electron chi connectivity index (χ3n) is 4.48. The molecule has 1 fully saturated rings. The lowest BCUT2D eigenvalue weighted by Crippen LogP contribution is -2.23. The molecule has 2 unspecified atom stereocenters. The van der Waals surface area contributed by atoms with Gasteiger partial charge in [-0.25, -0.2) is 0 Å². The lowest BCUT2D eigenvalue weighted by molar-refractivity contribution is -0.119. The van der Waals surface area contributed by atoms with Crippen molar-refractivity contribution < 1.29 is 9.53 Å². The summed E-state index contributed by atoms with van der Waals surface area (Å²) in [6, 6.07) is 16.0. The van der Waals surface area contributed by atoms with Crippen molar-refractivity contribution in [1.29, 1.82) is 0 Å². The van der Waals surface area contributed by atoms with Crippen LogP contribution in [0.4, 0.5) is 5.69 Å². The Morgan fingerprint density at radius 2 is 2.00 bits per heavy atom. The monoisotopic (exact) mass is 324 g/mol. The van der Waals surface area contributed by atoms with Crippen LogP contribution < -0.4 is 15.8 Å². The number of carbonyl (C=O) groups is 1. The van der Waals surface area contributed by atoms with Crippen molar-refractivity contribution in [2.24, 2.45) is 11.7 Å². The second-order valence-corrected chi connectivity index (χ2v) is 6.53. The third kappa shape index (κ3) is 4.15. The minimum atomic E-state index is 0.00303. The van der Waals surface area contributed by atoms with Gasteiger partial charge in [0.15, 0.2) is 0 Å². The molecule has 1 saturated carbocycles. The van der Waals surface area contributed by atoms with Crippen LogP contribution in [-0.2, 0) is 11.4 Å². The van der Waals surface area contributed by atoms with Crippen LogP contribution in [0.5, 0.6) is 5.75 Å². The molecule has 0 saturated heterocycles. The SMILES string of the molecule is Cc1ccc(NC(=O)C2CCC(N)C2)c(OCc2ccccc2)c1. The highest BCUT2D eigenvalue weighted by Gasteiger charge is 2.28. The van der Waals surface area contributed by atoms with Crippen LogP contribution in [0, 0.1) is 12.8 Å². The summed E-state index contributed by atoms with van der Waals surface area (Å²) in [6.45, 7) is 2.48. The molecule has 0 bridgehead atoms. The summed E-state index contributed by atoms with van der Waals surface area (Å²) >= 11 is 0. The van der Waals surface area contributed by atoms with Crippen LogP contribution in [0.1, 0.15) is 30.4 Å². The first kappa shape index (κ1) is 16.5. The number of benzene rings is 2. The van der Waals surface area contributed by atoms with Gasteiger partial charge in [-0.05, 0) is 49.4 Å². The summed E-state index contributed by atoms with van der Waals surface area (Å²) < 4.78 is 5.95. The van der Waals surface area contributed by atoms with Gasteiger partial charge in [0, 0.05) is 12.0 Å². The van der Waals surface area contributed by atoms with E-state index in [0.29, 0.717) is 12.4 Å². The van der Waals surface area contributed by atoms with E-state index in [4.69, 9.17) is 10.5 Å². The van der Waals surface area contributed by atoms with Gasteiger partial charge in [0.2, 0.25) is 5.91 Å². The Labute approximate surface area is 143 Å². The largest absolute Gasteiger partial charge is 0.487 e. The molecule has 126 valence electrons. The number of ether oxygens (including phenoxy) is 1. The first-order chi connectivity index (χ1) is 11.6.